The fourth-order valence-electron chi connectivity index (χ4n) is 0. The van der Waals surface area contributed by atoms with Crippen LogP contribution in [0.4, 0.5) is 0 Å². The van der Waals surface area contributed by atoms with Gasteiger partial charge in [-0.1, -0.05) is 26.1 Å². The topological polar surface area (TPSA) is 0 Å². The summed E-state index contributed by atoms with van der Waals surface area (Å²) in [6, 6.07) is 0. The molecule has 0 aromatic heterocycles. The van der Waals surface area contributed by atoms with Crippen molar-refractivity contribution in [2.75, 3.05) is 0 Å². The van der Waals surface area contributed by atoms with Gasteiger partial charge in [0.25, 0.3) is 0 Å². The number of hydrogen-bond acceptors (Lipinski definition) is 0. The molecule has 0 nitrogen and oxygen atoms in total. The lowest BCUT2D eigenvalue weighted by Gasteiger charge is -2.11. The molecule has 0 aliphatic heterocycles. The molecule has 0 fully saturated rings. The van der Waals surface area contributed by atoms with Gasteiger partial charge in [-0.05, 0) is 0 Å². The fourth-order valence-corrected chi connectivity index (χ4v) is 0. The van der Waals surface area contributed by atoms with Crippen molar-refractivity contribution in [3.05, 3.63) is 0 Å². The van der Waals surface area contributed by atoms with Crippen LogP contribution in [0.25, 0.3) is 0 Å². The molecule has 0 N–H and O–H groups in total. The Bertz CT molecular complexity index is 35.3. The van der Waals surface area contributed by atoms with Gasteiger partial charge < -0.3 is 0 Å². The molecule has 0 atom stereocenters. The van der Waals surface area contributed by atoms with E-state index in [2.05, 4.69) is 28.5 Å². The number of rotatable bonds is 0. The van der Waals surface area contributed by atoms with Gasteiger partial charge in [-0.2, -0.15) is 0 Å². The van der Waals surface area contributed by atoms with Crippen LogP contribution < -0.4 is 0 Å². The van der Waals surface area contributed by atoms with E-state index in [1.165, 1.54) is 7.17 Å². The Morgan fingerprint density at radius 1 is 1.33 bits per heavy atom. The SMILES string of the molecule is BBC(C)(C)C. The van der Waals surface area contributed by atoms with Crippen LogP contribution in [0.5, 0.6) is 0 Å². The highest BCUT2D eigenvalue weighted by molar-refractivity contribution is 6.91. The first kappa shape index (κ1) is 6.13. The van der Waals surface area contributed by atoms with Crippen molar-refractivity contribution in [1.82, 2.24) is 0 Å². The van der Waals surface area contributed by atoms with Gasteiger partial charge in [-0.3, -0.25) is 0 Å². The molecule has 2 heteroatoms. The van der Waals surface area contributed by atoms with Gasteiger partial charge >= 0.3 is 0 Å². The van der Waals surface area contributed by atoms with Gasteiger partial charge in [0.2, 0.25) is 0 Å². The molecule has 0 saturated carbocycles. The largest absolute Gasteiger partial charge is 0.0890 e. The summed E-state index contributed by atoms with van der Waals surface area (Å²) in [6.07, 6.45) is 0. The van der Waals surface area contributed by atoms with E-state index in [1.54, 1.807) is 0 Å². The maximum absolute atomic E-state index is 2.24. The first-order valence-corrected chi connectivity index (χ1v) is 2.56. The Balaban J connectivity index is 3.17. The van der Waals surface area contributed by atoms with Crippen LogP contribution in [0.15, 0.2) is 0 Å². The lowest BCUT2D eigenvalue weighted by Crippen LogP contribution is -2.06. The summed E-state index contributed by atoms with van der Waals surface area (Å²) >= 11 is 0. The summed E-state index contributed by atoms with van der Waals surface area (Å²) < 4.78 is 0. The quantitative estimate of drug-likeness (QED) is 0.366. The zero-order valence-corrected chi connectivity index (χ0v) is 5.21. The summed E-state index contributed by atoms with van der Waals surface area (Å²) in [5.41, 5.74) is 0. The van der Waals surface area contributed by atoms with Gasteiger partial charge in [0.05, 0.1) is 14.9 Å². The third kappa shape index (κ3) is 4.13. The second-order valence-corrected chi connectivity index (χ2v) is 2.91. The second kappa shape index (κ2) is 1.72. The van der Waals surface area contributed by atoms with E-state index in [1.807, 2.05) is 0 Å². The predicted molar refractivity (Wildman–Crippen MR) is 35.4 cm³/mol. The maximum atomic E-state index is 2.24. The molecular weight excluding hydrogens is 69.7 g/mol. The summed E-state index contributed by atoms with van der Waals surface area (Å²) in [5, 5.41) is 0.542. The summed E-state index contributed by atoms with van der Waals surface area (Å²) in [5.74, 6) is 0. The molecule has 0 aromatic carbocycles. The molecule has 0 aliphatic carbocycles. The van der Waals surface area contributed by atoms with E-state index >= 15 is 0 Å². The maximum Gasteiger partial charge on any atom is 0.0890 e. The highest BCUT2D eigenvalue weighted by Crippen LogP contribution is 2.17. The Labute approximate surface area is 42.0 Å². The average Bonchev–Trinajstić information content (AvgIpc) is 1.35. The highest BCUT2D eigenvalue weighted by Gasteiger charge is 2.04. The van der Waals surface area contributed by atoms with Crippen molar-refractivity contribution < 1.29 is 0 Å². The Morgan fingerprint density at radius 3 is 1.50 bits per heavy atom. The van der Waals surface area contributed by atoms with Crippen LogP contribution in [0.2, 0.25) is 5.31 Å². The predicted octanol–water partition coefficient (Wildman–Crippen LogP) is 0.189. The molecule has 0 heterocycles. The number of hydrogen-bond donors (Lipinski definition) is 0. The fraction of sp³-hybridized carbons (Fsp3) is 1.00. The lowest BCUT2D eigenvalue weighted by molar-refractivity contribution is 0.763. The van der Waals surface area contributed by atoms with E-state index in [-0.39, 0.29) is 0 Å². The van der Waals surface area contributed by atoms with Crippen molar-refractivity contribution in [3.63, 3.8) is 0 Å². The normalized spacial score (nSPS) is 11.2. The van der Waals surface area contributed by atoms with Crippen molar-refractivity contribution in [1.29, 1.82) is 0 Å². The minimum atomic E-state index is 0.542. The third-order valence-corrected chi connectivity index (χ3v) is 1.06. The average molecular weight is 81.8 g/mol. The van der Waals surface area contributed by atoms with Crippen molar-refractivity contribution >= 4 is 14.9 Å². The first-order chi connectivity index (χ1) is 2.56. The minimum absolute atomic E-state index is 0.542. The third-order valence-electron chi connectivity index (χ3n) is 1.06. The molecule has 6 heavy (non-hydrogen) atoms. The van der Waals surface area contributed by atoms with Crippen molar-refractivity contribution in [3.8, 4) is 0 Å². The molecule has 0 aliphatic rings. The van der Waals surface area contributed by atoms with Crippen molar-refractivity contribution in [2.45, 2.75) is 26.1 Å². The first-order valence-electron chi connectivity index (χ1n) is 2.56. The van der Waals surface area contributed by atoms with Crippen LogP contribution in [-0.2, 0) is 0 Å². The van der Waals surface area contributed by atoms with Gasteiger partial charge in [-0.15, -0.1) is 0 Å². The highest BCUT2D eigenvalue weighted by atomic mass is 13.9. The van der Waals surface area contributed by atoms with Crippen LogP contribution in [-0.4, -0.2) is 14.9 Å². The zero-order valence-electron chi connectivity index (χ0n) is 5.21. The summed E-state index contributed by atoms with van der Waals surface area (Å²) in [7, 11) is 3.48. The molecule has 0 amide bonds. The van der Waals surface area contributed by atoms with E-state index in [0.29, 0.717) is 5.31 Å². The van der Waals surface area contributed by atoms with E-state index in [4.69, 9.17) is 0 Å². The van der Waals surface area contributed by atoms with Gasteiger partial charge in [0.15, 0.2) is 0 Å². The standard InChI is InChI=1S/C4H12B2/c1-4(2,3)6-5/h6H,5H2,1-3H3. The smallest absolute Gasteiger partial charge is 0.0707 e. The van der Waals surface area contributed by atoms with Gasteiger partial charge in [0, 0.05) is 0 Å². The van der Waals surface area contributed by atoms with E-state index in [0.717, 1.165) is 0 Å². The second-order valence-electron chi connectivity index (χ2n) is 2.91. The van der Waals surface area contributed by atoms with E-state index in [9.17, 15) is 0 Å². The Kier molecular flexibility index (Phi) is 1.76. The monoisotopic (exact) mass is 82.1 g/mol. The molecule has 0 aromatic rings. The minimum Gasteiger partial charge on any atom is -0.0707 e. The molecule has 0 spiro atoms. The van der Waals surface area contributed by atoms with Crippen LogP contribution in [0.3, 0.4) is 0 Å². The summed E-state index contributed by atoms with van der Waals surface area (Å²) in [6.45, 7) is 6.73. The van der Waals surface area contributed by atoms with Crippen LogP contribution in [0.1, 0.15) is 20.8 Å². The molecular formula is C4H12B2. The zero-order chi connectivity index (χ0) is 5.21. The molecule has 0 saturated heterocycles. The molecule has 34 valence electrons. The van der Waals surface area contributed by atoms with Crippen LogP contribution in [0, 0.1) is 0 Å². The summed E-state index contributed by atoms with van der Waals surface area (Å²) in [4.78, 5) is 0. The molecule has 0 unspecified atom stereocenters. The van der Waals surface area contributed by atoms with Crippen LogP contribution >= 0.6 is 0 Å². The molecule has 0 radical (unpaired) electrons. The van der Waals surface area contributed by atoms with Gasteiger partial charge in [0.1, 0.15) is 0 Å². The van der Waals surface area contributed by atoms with Crippen molar-refractivity contribution in [2.24, 2.45) is 0 Å². The van der Waals surface area contributed by atoms with Gasteiger partial charge in [-0.25, -0.2) is 0 Å². The molecule has 0 bridgehead atoms. The Hall–Kier alpha value is 0.130. The Morgan fingerprint density at radius 2 is 1.50 bits per heavy atom. The van der Waals surface area contributed by atoms with E-state index < -0.39 is 0 Å². The lowest BCUT2D eigenvalue weighted by atomic mass is 9.41. The molecule has 0 rings (SSSR count).